The van der Waals surface area contributed by atoms with Crippen molar-refractivity contribution in [2.45, 2.75) is 64.1 Å². The third-order valence-electron chi connectivity index (χ3n) is 4.36. The van der Waals surface area contributed by atoms with Gasteiger partial charge in [-0.2, -0.15) is 0 Å². The molecule has 88 valence electrons. The summed E-state index contributed by atoms with van der Waals surface area (Å²) in [6, 6.07) is 2.36. The molecule has 1 saturated heterocycles. The van der Waals surface area contributed by atoms with Crippen molar-refractivity contribution >= 4 is 0 Å². The van der Waals surface area contributed by atoms with Gasteiger partial charge in [-0.1, -0.05) is 19.8 Å². The molecule has 2 fully saturated rings. The Hall–Kier alpha value is -0.0800. The number of likely N-dealkylation sites (N-methyl/N-ethyl adjacent to an activating group) is 1. The summed E-state index contributed by atoms with van der Waals surface area (Å²) < 4.78 is 0. The van der Waals surface area contributed by atoms with Crippen molar-refractivity contribution in [1.29, 1.82) is 0 Å². The van der Waals surface area contributed by atoms with Crippen molar-refractivity contribution in [3.8, 4) is 0 Å². The molecular weight excluding hydrogens is 184 g/mol. The van der Waals surface area contributed by atoms with Gasteiger partial charge in [-0.25, -0.2) is 0 Å². The minimum atomic E-state index is 0.742. The second-order valence-corrected chi connectivity index (χ2v) is 5.63. The highest BCUT2D eigenvalue weighted by molar-refractivity contribution is 4.93. The Balaban J connectivity index is 2.01. The fourth-order valence-corrected chi connectivity index (χ4v) is 3.64. The van der Waals surface area contributed by atoms with E-state index in [1.807, 2.05) is 0 Å². The summed E-state index contributed by atoms with van der Waals surface area (Å²) in [5.41, 5.74) is 0. The van der Waals surface area contributed by atoms with Crippen molar-refractivity contribution in [1.82, 2.24) is 10.2 Å². The number of hydrogen-bond donors (Lipinski definition) is 1. The third kappa shape index (κ3) is 2.36. The van der Waals surface area contributed by atoms with E-state index in [0.29, 0.717) is 0 Å². The quantitative estimate of drug-likeness (QED) is 0.752. The molecule has 0 radical (unpaired) electrons. The highest BCUT2D eigenvalue weighted by Gasteiger charge is 2.36. The minimum Gasteiger partial charge on any atom is -0.315 e. The minimum absolute atomic E-state index is 0.742. The van der Waals surface area contributed by atoms with Gasteiger partial charge in [0.25, 0.3) is 0 Å². The largest absolute Gasteiger partial charge is 0.315 e. The molecule has 0 aromatic heterocycles. The van der Waals surface area contributed by atoms with E-state index in [2.05, 4.69) is 31.1 Å². The molecule has 2 nitrogen and oxygen atoms in total. The lowest BCUT2D eigenvalue weighted by molar-refractivity contribution is 0.117. The first-order valence-electron chi connectivity index (χ1n) is 6.65. The normalized spacial score (nSPS) is 43.4. The lowest BCUT2D eigenvalue weighted by Crippen LogP contribution is -2.51. The van der Waals surface area contributed by atoms with Crippen molar-refractivity contribution in [2.75, 3.05) is 13.6 Å². The summed E-state index contributed by atoms with van der Waals surface area (Å²) in [5, 5.41) is 3.52. The van der Waals surface area contributed by atoms with E-state index < -0.39 is 0 Å². The second-order valence-electron chi connectivity index (χ2n) is 5.63. The molecule has 2 heteroatoms. The fourth-order valence-electron chi connectivity index (χ4n) is 3.64. The summed E-state index contributed by atoms with van der Waals surface area (Å²) in [6.07, 6.45) is 7.02. The molecule has 1 aliphatic heterocycles. The summed E-state index contributed by atoms with van der Waals surface area (Å²) in [5.74, 6) is 0.902. The van der Waals surface area contributed by atoms with Crippen LogP contribution >= 0.6 is 0 Å². The molecule has 1 N–H and O–H groups in total. The van der Waals surface area contributed by atoms with Gasteiger partial charge in [-0.15, -0.1) is 0 Å². The summed E-state index contributed by atoms with van der Waals surface area (Å²) in [7, 11) is 2.13. The van der Waals surface area contributed by atoms with Crippen molar-refractivity contribution in [3.63, 3.8) is 0 Å². The van der Waals surface area contributed by atoms with Crippen LogP contribution < -0.4 is 5.32 Å². The van der Waals surface area contributed by atoms with Crippen molar-refractivity contribution < 1.29 is 0 Å². The van der Waals surface area contributed by atoms with Crippen molar-refractivity contribution in [2.24, 2.45) is 5.92 Å². The van der Waals surface area contributed by atoms with Crippen LogP contribution in [0.25, 0.3) is 0 Å². The molecule has 1 heterocycles. The van der Waals surface area contributed by atoms with Crippen molar-refractivity contribution in [3.05, 3.63) is 0 Å². The zero-order chi connectivity index (χ0) is 10.8. The highest BCUT2D eigenvalue weighted by Crippen LogP contribution is 2.31. The Morgan fingerprint density at radius 3 is 2.47 bits per heavy atom. The van der Waals surface area contributed by atoms with E-state index in [0.717, 1.165) is 24.0 Å². The zero-order valence-corrected chi connectivity index (χ0v) is 10.5. The van der Waals surface area contributed by atoms with Gasteiger partial charge in [-0.3, -0.25) is 4.90 Å². The maximum absolute atomic E-state index is 3.52. The van der Waals surface area contributed by atoms with Crippen LogP contribution in [-0.2, 0) is 0 Å². The predicted molar refractivity (Wildman–Crippen MR) is 65.1 cm³/mol. The summed E-state index contributed by atoms with van der Waals surface area (Å²) in [4.78, 5) is 2.77. The molecular formula is C13H26N2. The Kier molecular flexibility index (Phi) is 3.68. The number of nitrogens with one attached hydrogen (secondary N) is 1. The molecule has 0 spiro atoms. The Morgan fingerprint density at radius 1 is 1.13 bits per heavy atom. The van der Waals surface area contributed by atoms with E-state index in [-0.39, 0.29) is 0 Å². The number of nitrogens with zero attached hydrogens (tertiary/aromatic N) is 1. The van der Waals surface area contributed by atoms with E-state index in [4.69, 9.17) is 0 Å². The highest BCUT2D eigenvalue weighted by atomic mass is 15.2. The molecule has 1 aliphatic carbocycles. The van der Waals surface area contributed by atoms with Crippen LogP contribution in [0, 0.1) is 5.92 Å². The molecule has 0 amide bonds. The van der Waals surface area contributed by atoms with Crippen LogP contribution in [0.1, 0.15) is 46.0 Å². The second kappa shape index (κ2) is 4.84. The van der Waals surface area contributed by atoms with Crippen LogP contribution in [0.15, 0.2) is 0 Å². The monoisotopic (exact) mass is 210 g/mol. The van der Waals surface area contributed by atoms with E-state index in [1.165, 1.54) is 38.6 Å². The van der Waals surface area contributed by atoms with Crippen LogP contribution in [0.3, 0.4) is 0 Å². The van der Waals surface area contributed by atoms with Gasteiger partial charge in [0.05, 0.1) is 0 Å². The molecule has 4 atom stereocenters. The van der Waals surface area contributed by atoms with Gasteiger partial charge < -0.3 is 5.32 Å². The molecule has 0 aromatic carbocycles. The maximum atomic E-state index is 3.52. The Labute approximate surface area is 94.4 Å². The van der Waals surface area contributed by atoms with Gasteiger partial charge in [0, 0.05) is 24.7 Å². The van der Waals surface area contributed by atoms with E-state index in [9.17, 15) is 0 Å². The van der Waals surface area contributed by atoms with E-state index >= 15 is 0 Å². The average Bonchev–Trinajstić information content (AvgIpc) is 2.57. The average molecular weight is 210 g/mol. The molecule has 2 aliphatic rings. The molecule has 1 saturated carbocycles. The molecule has 4 unspecified atom stereocenters. The van der Waals surface area contributed by atoms with Gasteiger partial charge in [0.1, 0.15) is 0 Å². The molecule has 15 heavy (non-hydrogen) atoms. The van der Waals surface area contributed by atoms with Gasteiger partial charge in [-0.05, 0) is 39.2 Å². The van der Waals surface area contributed by atoms with Crippen LogP contribution in [0.2, 0.25) is 0 Å². The smallest absolute Gasteiger partial charge is 0.0252 e. The maximum Gasteiger partial charge on any atom is 0.0252 e. The molecule has 0 bridgehead atoms. The molecule has 0 aromatic rings. The van der Waals surface area contributed by atoms with Crippen LogP contribution in [0.4, 0.5) is 0 Å². The lowest BCUT2D eigenvalue weighted by atomic mass is 9.89. The first kappa shape index (κ1) is 11.4. The summed E-state index contributed by atoms with van der Waals surface area (Å²) in [6.45, 7) is 6.13. The lowest BCUT2D eigenvalue weighted by Gasteiger charge is -2.40. The SMILES string of the molecule is CNC1CCCCC1N1CC(C)CC1C. The van der Waals surface area contributed by atoms with Gasteiger partial charge in [0.2, 0.25) is 0 Å². The zero-order valence-electron chi connectivity index (χ0n) is 10.5. The predicted octanol–water partition coefficient (Wildman–Crippen LogP) is 2.25. The van der Waals surface area contributed by atoms with Crippen LogP contribution in [0.5, 0.6) is 0 Å². The topological polar surface area (TPSA) is 15.3 Å². The van der Waals surface area contributed by atoms with E-state index in [1.54, 1.807) is 0 Å². The Bertz CT molecular complexity index is 205. The fraction of sp³-hybridized carbons (Fsp3) is 1.00. The number of hydrogen-bond acceptors (Lipinski definition) is 2. The van der Waals surface area contributed by atoms with Gasteiger partial charge in [0.15, 0.2) is 0 Å². The standard InChI is InChI=1S/C13H26N2/c1-10-8-11(2)15(9-10)13-7-5-4-6-12(13)14-3/h10-14H,4-9H2,1-3H3. The third-order valence-corrected chi connectivity index (χ3v) is 4.36. The van der Waals surface area contributed by atoms with Gasteiger partial charge >= 0.3 is 0 Å². The number of rotatable bonds is 2. The number of likely N-dealkylation sites (tertiary alicyclic amines) is 1. The molecule has 2 rings (SSSR count). The summed E-state index contributed by atoms with van der Waals surface area (Å²) >= 11 is 0. The Morgan fingerprint density at radius 2 is 1.87 bits per heavy atom. The first-order valence-corrected chi connectivity index (χ1v) is 6.65. The van der Waals surface area contributed by atoms with Crippen LogP contribution in [-0.4, -0.2) is 36.6 Å². The first-order chi connectivity index (χ1) is 7.22.